The molecule has 0 aliphatic carbocycles. The van der Waals surface area contributed by atoms with Crippen molar-refractivity contribution >= 4 is 22.9 Å². The Bertz CT molecular complexity index is 641. The van der Waals surface area contributed by atoms with Gasteiger partial charge in [-0.15, -0.1) is 11.3 Å². The van der Waals surface area contributed by atoms with Crippen molar-refractivity contribution in [1.82, 2.24) is 0 Å². The highest BCUT2D eigenvalue weighted by molar-refractivity contribution is 7.10. The normalized spacial score (nSPS) is 12.2. The largest absolute Gasteiger partial charge is 0.325 e. The molecule has 1 amide bonds. The van der Waals surface area contributed by atoms with E-state index in [1.807, 2.05) is 0 Å². The Morgan fingerprint density at radius 1 is 1.17 bits per heavy atom. The van der Waals surface area contributed by atoms with Crippen molar-refractivity contribution in [3.63, 3.8) is 0 Å². The summed E-state index contributed by atoms with van der Waals surface area (Å²) >= 11 is 1.77. The number of hydrogen-bond donors (Lipinski definition) is 2. The zero-order valence-corrected chi connectivity index (χ0v) is 15.3. The van der Waals surface area contributed by atoms with Crippen molar-refractivity contribution in [3.05, 3.63) is 51.2 Å². The van der Waals surface area contributed by atoms with E-state index in [1.54, 1.807) is 11.3 Å². The lowest BCUT2D eigenvalue weighted by atomic mass is 10.0. The van der Waals surface area contributed by atoms with E-state index < -0.39 is 0 Å². The minimum absolute atomic E-state index is 0.0901. The molecule has 2 aromatic rings. The molecule has 4 heteroatoms. The fourth-order valence-corrected chi connectivity index (χ4v) is 3.80. The average molecular weight is 332 g/mol. The molecule has 0 saturated heterocycles. The van der Waals surface area contributed by atoms with Gasteiger partial charge in [0, 0.05) is 5.69 Å². The number of rotatable bonds is 7. The molecule has 0 saturated carbocycles. The Morgan fingerprint density at radius 3 is 2.35 bits per heavy atom. The monoisotopic (exact) mass is 331 g/mol. The van der Waals surface area contributed by atoms with E-state index in [0.717, 1.165) is 25.1 Å². The minimum Gasteiger partial charge on any atom is -0.325 e. The first-order valence-corrected chi connectivity index (χ1v) is 9.18. The Hall–Kier alpha value is -1.65. The third kappa shape index (κ3) is 4.66. The van der Waals surface area contributed by atoms with Crippen LogP contribution in [0.15, 0.2) is 29.6 Å². The summed E-state index contributed by atoms with van der Waals surface area (Å²) in [6.45, 7) is 7.76. The van der Waals surface area contributed by atoms with E-state index >= 15 is 0 Å². The number of hydrogen-bond acceptors (Lipinski definition) is 2. The van der Waals surface area contributed by atoms with Gasteiger partial charge in [-0.2, -0.15) is 0 Å². The first-order valence-electron chi connectivity index (χ1n) is 8.30. The van der Waals surface area contributed by atoms with E-state index in [2.05, 4.69) is 62.8 Å². The molecule has 0 radical (unpaired) electrons. The van der Waals surface area contributed by atoms with Crippen LogP contribution in [0, 0.1) is 6.92 Å². The number of carbonyl (C=O) groups is 1. The van der Waals surface area contributed by atoms with Gasteiger partial charge >= 0.3 is 0 Å². The average Bonchev–Trinajstić information content (AvgIpc) is 2.92. The molecule has 1 unspecified atom stereocenters. The Morgan fingerprint density at radius 2 is 1.83 bits per heavy atom. The van der Waals surface area contributed by atoms with Gasteiger partial charge in [0.25, 0.3) is 5.91 Å². The number of anilines is 1. The summed E-state index contributed by atoms with van der Waals surface area (Å²) in [5.41, 5.74) is 4.76. The van der Waals surface area contributed by atoms with E-state index in [-0.39, 0.29) is 5.91 Å². The number of thiophene rings is 1. The predicted molar refractivity (Wildman–Crippen MR) is 98.3 cm³/mol. The maximum Gasteiger partial charge on any atom is 0.279 e. The number of benzene rings is 1. The fraction of sp³-hybridized carbons (Fsp3) is 0.421. The van der Waals surface area contributed by atoms with E-state index in [0.29, 0.717) is 6.54 Å². The number of quaternary nitrogens is 1. The minimum atomic E-state index is 0.0901. The molecule has 2 rings (SSSR count). The van der Waals surface area contributed by atoms with Gasteiger partial charge in [-0.1, -0.05) is 32.0 Å². The zero-order valence-electron chi connectivity index (χ0n) is 14.5. The highest BCUT2D eigenvalue weighted by atomic mass is 32.1. The summed E-state index contributed by atoms with van der Waals surface area (Å²) in [5, 5.41) is 5.26. The summed E-state index contributed by atoms with van der Waals surface area (Å²) in [4.78, 5) is 15.0. The number of amides is 1. The van der Waals surface area contributed by atoms with Crippen LogP contribution in [0.3, 0.4) is 0 Å². The van der Waals surface area contributed by atoms with Gasteiger partial charge in [-0.05, 0) is 47.9 Å². The van der Waals surface area contributed by atoms with Crippen LogP contribution in [0.4, 0.5) is 5.69 Å². The number of aryl methyl sites for hydroxylation is 3. The molecule has 1 atom stereocenters. The highest BCUT2D eigenvalue weighted by Crippen LogP contribution is 2.22. The quantitative estimate of drug-likeness (QED) is 0.804. The lowest BCUT2D eigenvalue weighted by Gasteiger charge is -2.17. The second-order valence-corrected chi connectivity index (χ2v) is 7.04. The lowest BCUT2D eigenvalue weighted by Crippen LogP contribution is -3.08. The first kappa shape index (κ1) is 17.7. The van der Waals surface area contributed by atoms with Gasteiger partial charge < -0.3 is 10.2 Å². The Balaban J connectivity index is 2.01. The van der Waals surface area contributed by atoms with Crippen LogP contribution in [0.5, 0.6) is 0 Å². The molecule has 0 fully saturated rings. The SMILES string of the molecule is CCc1cccc(CC)c1NC(=O)C[NH+](C)Cc1sccc1C. The van der Waals surface area contributed by atoms with Crippen LogP contribution >= 0.6 is 11.3 Å². The van der Waals surface area contributed by atoms with Gasteiger partial charge in [0.05, 0.1) is 11.9 Å². The maximum atomic E-state index is 12.4. The van der Waals surface area contributed by atoms with Crippen LogP contribution in [0.2, 0.25) is 0 Å². The standard InChI is InChI=1S/C19H26N2OS/c1-5-15-8-7-9-16(6-2)19(15)20-18(22)13-21(4)12-17-14(3)10-11-23-17/h7-11H,5-6,12-13H2,1-4H3,(H,20,22)/p+1. The van der Waals surface area contributed by atoms with Gasteiger partial charge in [-0.3, -0.25) is 4.79 Å². The zero-order chi connectivity index (χ0) is 16.8. The molecular formula is C19H27N2OS+. The second-order valence-electron chi connectivity index (χ2n) is 6.04. The third-order valence-corrected chi connectivity index (χ3v) is 5.18. The van der Waals surface area contributed by atoms with Crippen molar-refractivity contribution < 1.29 is 9.69 Å². The van der Waals surface area contributed by atoms with Gasteiger partial charge in [0.15, 0.2) is 6.54 Å². The smallest absolute Gasteiger partial charge is 0.279 e. The predicted octanol–water partition coefficient (Wildman–Crippen LogP) is 2.83. The molecule has 1 aromatic heterocycles. The number of nitrogens with one attached hydrogen (secondary N) is 2. The maximum absolute atomic E-state index is 12.4. The molecule has 0 aliphatic heterocycles. The fourth-order valence-electron chi connectivity index (χ4n) is 2.78. The molecule has 1 aromatic carbocycles. The van der Waals surface area contributed by atoms with Gasteiger partial charge in [0.1, 0.15) is 6.54 Å². The van der Waals surface area contributed by atoms with Crippen LogP contribution in [-0.2, 0) is 24.2 Å². The molecule has 0 bridgehead atoms. The first-order chi connectivity index (χ1) is 11.0. The van der Waals surface area contributed by atoms with Crippen LogP contribution in [0.1, 0.15) is 35.4 Å². The molecule has 0 aliphatic rings. The molecule has 23 heavy (non-hydrogen) atoms. The summed E-state index contributed by atoms with van der Waals surface area (Å²) in [5.74, 6) is 0.0901. The van der Waals surface area contributed by atoms with E-state index in [1.165, 1.54) is 26.5 Å². The van der Waals surface area contributed by atoms with Crippen molar-refractivity contribution in [3.8, 4) is 0 Å². The summed E-state index contributed by atoms with van der Waals surface area (Å²) in [6.07, 6.45) is 1.86. The topological polar surface area (TPSA) is 33.5 Å². The van der Waals surface area contributed by atoms with Gasteiger partial charge in [0.2, 0.25) is 0 Å². The second kappa shape index (κ2) is 8.27. The highest BCUT2D eigenvalue weighted by Gasteiger charge is 2.15. The van der Waals surface area contributed by atoms with Crippen molar-refractivity contribution in [1.29, 1.82) is 0 Å². The van der Waals surface area contributed by atoms with Crippen molar-refractivity contribution in [2.45, 2.75) is 40.2 Å². The molecule has 0 spiro atoms. The molecular weight excluding hydrogens is 304 g/mol. The number of carbonyl (C=O) groups excluding carboxylic acids is 1. The number of para-hydroxylation sites is 1. The van der Waals surface area contributed by atoms with Crippen molar-refractivity contribution in [2.24, 2.45) is 0 Å². The van der Waals surface area contributed by atoms with E-state index in [9.17, 15) is 4.79 Å². The van der Waals surface area contributed by atoms with E-state index in [4.69, 9.17) is 0 Å². The molecule has 2 N–H and O–H groups in total. The molecule has 3 nitrogen and oxygen atoms in total. The molecule has 1 heterocycles. The third-order valence-electron chi connectivity index (χ3n) is 4.16. The Labute approximate surface area is 143 Å². The van der Waals surface area contributed by atoms with Crippen molar-refractivity contribution in [2.75, 3.05) is 18.9 Å². The lowest BCUT2D eigenvalue weighted by molar-refractivity contribution is -0.884. The van der Waals surface area contributed by atoms with Crippen LogP contribution in [-0.4, -0.2) is 19.5 Å². The van der Waals surface area contributed by atoms with Gasteiger partial charge in [-0.25, -0.2) is 0 Å². The number of likely N-dealkylation sites (N-methyl/N-ethyl adjacent to an activating group) is 1. The summed E-state index contributed by atoms with van der Waals surface area (Å²) < 4.78 is 0. The molecule has 124 valence electrons. The summed E-state index contributed by atoms with van der Waals surface area (Å²) in [6, 6.07) is 8.41. The summed E-state index contributed by atoms with van der Waals surface area (Å²) in [7, 11) is 2.07. The Kier molecular flexibility index (Phi) is 6.37. The van der Waals surface area contributed by atoms with Crippen LogP contribution in [0.25, 0.3) is 0 Å². The van der Waals surface area contributed by atoms with Crippen LogP contribution < -0.4 is 10.2 Å².